The number of benzene rings is 1. The lowest BCUT2D eigenvalue weighted by atomic mass is 10.3. The number of carbonyl (C=O) groups excluding carboxylic acids is 1. The van der Waals surface area contributed by atoms with Gasteiger partial charge in [0.1, 0.15) is 5.52 Å². The second kappa shape index (κ2) is 8.88. The quantitative estimate of drug-likeness (QED) is 0.652. The summed E-state index contributed by atoms with van der Waals surface area (Å²) in [7, 11) is -3.54. The van der Waals surface area contributed by atoms with Crippen molar-refractivity contribution in [3.05, 3.63) is 18.2 Å². The molecule has 0 saturated carbocycles. The third-order valence-electron chi connectivity index (χ3n) is 4.03. The highest BCUT2D eigenvalue weighted by Crippen LogP contribution is 2.26. The zero-order valence-corrected chi connectivity index (χ0v) is 17.1. The number of hydrogen-bond acceptors (Lipinski definition) is 6. The molecule has 26 heavy (non-hydrogen) atoms. The standard InChI is InChI=1S/C17H25N3O4S2/c1-5-12(4)18-16(21)11-25-17-19-14-10-13(8-9-15(14)24-17)26(22,23)20(6-2)7-3/h8-10,12H,5-7,11H2,1-4H3,(H,18,21)/t12-/m0/s1. The normalized spacial score (nSPS) is 13.3. The molecular weight excluding hydrogens is 374 g/mol. The van der Waals surface area contributed by atoms with E-state index >= 15 is 0 Å². The van der Waals surface area contributed by atoms with Gasteiger partial charge in [-0.15, -0.1) is 0 Å². The molecule has 1 aromatic carbocycles. The fourth-order valence-electron chi connectivity index (χ4n) is 2.37. The smallest absolute Gasteiger partial charge is 0.257 e. The van der Waals surface area contributed by atoms with Crippen LogP contribution in [0.5, 0.6) is 0 Å². The van der Waals surface area contributed by atoms with Crippen molar-refractivity contribution < 1.29 is 17.6 Å². The molecule has 0 spiro atoms. The summed E-state index contributed by atoms with van der Waals surface area (Å²) in [6, 6.07) is 4.75. The van der Waals surface area contributed by atoms with Crippen LogP contribution in [0.1, 0.15) is 34.1 Å². The lowest BCUT2D eigenvalue weighted by Crippen LogP contribution is -2.33. The summed E-state index contributed by atoms with van der Waals surface area (Å²) in [6.07, 6.45) is 0.864. The van der Waals surface area contributed by atoms with E-state index in [0.29, 0.717) is 29.4 Å². The summed E-state index contributed by atoms with van der Waals surface area (Å²) < 4.78 is 32.2. The molecule has 9 heteroatoms. The van der Waals surface area contributed by atoms with Crippen molar-refractivity contribution in [2.24, 2.45) is 0 Å². The van der Waals surface area contributed by atoms with Gasteiger partial charge in [0.25, 0.3) is 5.22 Å². The first-order valence-corrected chi connectivity index (χ1v) is 11.1. The number of sulfonamides is 1. The Morgan fingerprint density at radius 1 is 1.31 bits per heavy atom. The fraction of sp³-hybridized carbons (Fsp3) is 0.529. The average Bonchev–Trinajstić information content (AvgIpc) is 3.02. The lowest BCUT2D eigenvalue weighted by molar-refractivity contribution is -0.119. The van der Waals surface area contributed by atoms with Gasteiger partial charge in [0, 0.05) is 19.1 Å². The number of aromatic nitrogens is 1. The average molecular weight is 400 g/mol. The molecule has 1 N–H and O–H groups in total. The second-order valence-corrected chi connectivity index (χ2v) is 8.73. The SMILES string of the molecule is CC[C@H](C)NC(=O)CSc1nc2cc(S(=O)(=O)N(CC)CC)ccc2o1. The highest BCUT2D eigenvalue weighted by molar-refractivity contribution is 7.99. The number of oxazole rings is 1. The second-order valence-electron chi connectivity index (χ2n) is 5.86. The highest BCUT2D eigenvalue weighted by atomic mass is 32.2. The van der Waals surface area contributed by atoms with E-state index in [-0.39, 0.29) is 22.6 Å². The number of nitrogens with one attached hydrogen (secondary N) is 1. The Morgan fingerprint density at radius 3 is 2.62 bits per heavy atom. The van der Waals surface area contributed by atoms with E-state index in [0.717, 1.165) is 6.42 Å². The Bertz CT molecular complexity index is 860. The molecule has 1 atom stereocenters. The van der Waals surface area contributed by atoms with Crippen molar-refractivity contribution in [1.29, 1.82) is 0 Å². The molecule has 2 aromatic rings. The minimum atomic E-state index is -3.54. The van der Waals surface area contributed by atoms with Crippen LogP contribution in [0.3, 0.4) is 0 Å². The first-order valence-electron chi connectivity index (χ1n) is 8.64. The third-order valence-corrected chi connectivity index (χ3v) is 6.90. The molecule has 0 saturated heterocycles. The van der Waals surface area contributed by atoms with Crippen molar-refractivity contribution in [2.75, 3.05) is 18.8 Å². The number of hydrogen-bond donors (Lipinski definition) is 1. The van der Waals surface area contributed by atoms with Gasteiger partial charge in [0.05, 0.1) is 10.6 Å². The molecule has 2 rings (SSSR count). The summed E-state index contributed by atoms with van der Waals surface area (Å²) in [5.74, 6) is 0.110. The number of fused-ring (bicyclic) bond motifs is 1. The van der Waals surface area contributed by atoms with Crippen molar-refractivity contribution >= 4 is 38.8 Å². The van der Waals surface area contributed by atoms with Gasteiger partial charge in [-0.05, 0) is 31.5 Å². The van der Waals surface area contributed by atoms with Gasteiger partial charge in [-0.1, -0.05) is 32.5 Å². The number of amides is 1. The summed E-state index contributed by atoms with van der Waals surface area (Å²) in [6.45, 7) is 8.36. The maximum Gasteiger partial charge on any atom is 0.257 e. The largest absolute Gasteiger partial charge is 0.431 e. The van der Waals surface area contributed by atoms with Gasteiger partial charge in [0.2, 0.25) is 15.9 Å². The predicted molar refractivity (Wildman–Crippen MR) is 103 cm³/mol. The van der Waals surface area contributed by atoms with Gasteiger partial charge >= 0.3 is 0 Å². The topological polar surface area (TPSA) is 92.5 Å². The van der Waals surface area contributed by atoms with Crippen LogP contribution in [-0.4, -0.2) is 48.5 Å². The zero-order valence-electron chi connectivity index (χ0n) is 15.5. The van der Waals surface area contributed by atoms with Gasteiger partial charge in [-0.3, -0.25) is 4.79 Å². The maximum atomic E-state index is 12.6. The number of thioether (sulfide) groups is 1. The van der Waals surface area contributed by atoms with Gasteiger partial charge in [-0.2, -0.15) is 4.31 Å². The van der Waals surface area contributed by atoms with Crippen LogP contribution in [0.15, 0.2) is 32.7 Å². The molecular formula is C17H25N3O4S2. The number of nitrogens with zero attached hydrogens (tertiary/aromatic N) is 2. The van der Waals surface area contributed by atoms with E-state index in [1.54, 1.807) is 19.9 Å². The van der Waals surface area contributed by atoms with Crippen LogP contribution in [0.25, 0.3) is 11.1 Å². The van der Waals surface area contributed by atoms with Crippen LogP contribution in [0.4, 0.5) is 0 Å². The minimum Gasteiger partial charge on any atom is -0.431 e. The molecule has 0 unspecified atom stereocenters. The van der Waals surface area contributed by atoms with Crippen molar-refractivity contribution in [3.8, 4) is 0 Å². The molecule has 1 amide bonds. The molecule has 0 aliphatic carbocycles. The Labute approximate surface area is 158 Å². The fourth-order valence-corrected chi connectivity index (χ4v) is 4.49. The van der Waals surface area contributed by atoms with Crippen LogP contribution in [0.2, 0.25) is 0 Å². The van der Waals surface area contributed by atoms with E-state index < -0.39 is 10.0 Å². The summed E-state index contributed by atoms with van der Waals surface area (Å²) in [5, 5.41) is 3.22. The summed E-state index contributed by atoms with van der Waals surface area (Å²) in [4.78, 5) is 16.3. The number of rotatable bonds is 9. The Balaban J connectivity index is 2.16. The predicted octanol–water partition coefficient (Wildman–Crippen LogP) is 2.87. The van der Waals surface area contributed by atoms with Gasteiger partial charge < -0.3 is 9.73 Å². The van der Waals surface area contributed by atoms with Crippen molar-refractivity contribution in [3.63, 3.8) is 0 Å². The highest BCUT2D eigenvalue weighted by Gasteiger charge is 2.22. The van der Waals surface area contributed by atoms with Crippen LogP contribution in [-0.2, 0) is 14.8 Å². The lowest BCUT2D eigenvalue weighted by Gasteiger charge is -2.18. The van der Waals surface area contributed by atoms with Crippen LogP contribution in [0, 0.1) is 0 Å². The van der Waals surface area contributed by atoms with E-state index in [1.807, 2.05) is 13.8 Å². The van der Waals surface area contributed by atoms with Gasteiger partial charge in [-0.25, -0.2) is 13.4 Å². The summed E-state index contributed by atoms with van der Waals surface area (Å²) >= 11 is 1.19. The van der Waals surface area contributed by atoms with Crippen LogP contribution < -0.4 is 5.32 Å². The van der Waals surface area contributed by atoms with E-state index in [4.69, 9.17) is 4.42 Å². The Kier molecular flexibility index (Phi) is 7.08. The molecule has 7 nitrogen and oxygen atoms in total. The minimum absolute atomic E-state index is 0.0867. The molecule has 1 aromatic heterocycles. The van der Waals surface area contributed by atoms with E-state index in [2.05, 4.69) is 10.3 Å². The Hall–Kier alpha value is -1.58. The van der Waals surface area contributed by atoms with Gasteiger partial charge in [0.15, 0.2) is 5.58 Å². The van der Waals surface area contributed by atoms with E-state index in [1.165, 1.54) is 28.2 Å². The summed E-state index contributed by atoms with van der Waals surface area (Å²) in [5.41, 5.74) is 0.955. The molecule has 1 heterocycles. The zero-order chi connectivity index (χ0) is 19.3. The third kappa shape index (κ3) is 4.77. The molecule has 0 aliphatic heterocycles. The Morgan fingerprint density at radius 2 is 2.00 bits per heavy atom. The molecule has 0 radical (unpaired) electrons. The molecule has 0 fully saturated rings. The molecule has 144 valence electrons. The van der Waals surface area contributed by atoms with E-state index in [9.17, 15) is 13.2 Å². The molecule has 0 bridgehead atoms. The van der Waals surface area contributed by atoms with Crippen LogP contribution >= 0.6 is 11.8 Å². The number of carbonyl (C=O) groups is 1. The first kappa shape index (κ1) is 20.7. The van der Waals surface area contributed by atoms with Crippen molar-refractivity contribution in [1.82, 2.24) is 14.6 Å². The maximum absolute atomic E-state index is 12.6. The monoisotopic (exact) mass is 399 g/mol. The van der Waals surface area contributed by atoms with Crippen molar-refractivity contribution in [2.45, 2.75) is 50.3 Å². The first-order chi connectivity index (χ1) is 12.3. The molecule has 0 aliphatic rings.